The molecule has 0 radical (unpaired) electrons. The first kappa shape index (κ1) is 25.3. The molecule has 8 nitrogen and oxygen atoms in total. The van der Waals surface area contributed by atoms with Crippen LogP contribution in [0.4, 0.5) is 4.79 Å². The molecule has 168 valence electrons. The van der Waals surface area contributed by atoms with Crippen LogP contribution in [0.15, 0.2) is 24.3 Å². The van der Waals surface area contributed by atoms with E-state index in [1.807, 2.05) is 0 Å². The molecule has 0 unspecified atom stereocenters. The Morgan fingerprint density at radius 1 is 1.07 bits per heavy atom. The first-order chi connectivity index (χ1) is 13.9. The fourth-order valence-corrected chi connectivity index (χ4v) is 2.71. The van der Waals surface area contributed by atoms with Gasteiger partial charge in [0.15, 0.2) is 0 Å². The molecule has 0 aliphatic rings. The van der Waals surface area contributed by atoms with Crippen LogP contribution < -0.4 is 16.0 Å². The van der Waals surface area contributed by atoms with Crippen molar-refractivity contribution in [3.05, 3.63) is 29.8 Å². The molecule has 0 spiro atoms. The summed E-state index contributed by atoms with van der Waals surface area (Å²) in [4.78, 5) is 37.7. The van der Waals surface area contributed by atoms with Crippen molar-refractivity contribution in [2.45, 2.75) is 78.0 Å². The number of nitrogens with one attached hydrogen (secondary N) is 3. The van der Waals surface area contributed by atoms with Crippen molar-refractivity contribution in [2.24, 2.45) is 0 Å². The summed E-state index contributed by atoms with van der Waals surface area (Å²) in [6.45, 7) is 10.8. The van der Waals surface area contributed by atoms with E-state index < -0.39 is 29.2 Å². The minimum absolute atomic E-state index is 0.0516. The molecule has 2 atom stereocenters. The van der Waals surface area contributed by atoms with Crippen LogP contribution in [0.25, 0.3) is 0 Å². The molecule has 3 amide bonds. The lowest BCUT2D eigenvalue weighted by molar-refractivity contribution is -0.134. The van der Waals surface area contributed by atoms with E-state index in [0.717, 1.165) is 19.3 Å². The fourth-order valence-electron chi connectivity index (χ4n) is 2.71. The molecule has 4 N–H and O–H groups in total. The summed E-state index contributed by atoms with van der Waals surface area (Å²) in [5.41, 5.74) is -1.58. The van der Waals surface area contributed by atoms with Crippen LogP contribution in [0.3, 0.4) is 0 Å². The zero-order valence-electron chi connectivity index (χ0n) is 18.8. The maximum Gasteiger partial charge on any atom is 0.408 e. The Hall–Kier alpha value is -2.77. The van der Waals surface area contributed by atoms with E-state index in [-0.39, 0.29) is 11.7 Å². The summed E-state index contributed by atoms with van der Waals surface area (Å²) in [6, 6.07) is 5.13. The van der Waals surface area contributed by atoms with Gasteiger partial charge in [-0.2, -0.15) is 0 Å². The zero-order valence-corrected chi connectivity index (χ0v) is 18.8. The second kappa shape index (κ2) is 10.8. The van der Waals surface area contributed by atoms with Gasteiger partial charge in [-0.25, -0.2) is 4.79 Å². The van der Waals surface area contributed by atoms with Gasteiger partial charge in [-0.05, 0) is 58.7 Å². The van der Waals surface area contributed by atoms with Crippen molar-refractivity contribution < 1.29 is 24.2 Å². The molecule has 0 bridgehead atoms. The molecule has 0 fully saturated rings. The fraction of sp³-hybridized carbons (Fsp3) is 0.591. The third-order valence-corrected chi connectivity index (χ3v) is 4.46. The molecule has 0 saturated carbocycles. The minimum atomic E-state index is -1.39. The van der Waals surface area contributed by atoms with Gasteiger partial charge < -0.3 is 25.8 Å². The standard InChI is InChI=1S/C22H35N3O5/c1-7-8-9-14-23-19(28)22(6,16-10-12-17(26)13-11-16)25-18(27)15(2)24-20(29)30-21(3,4)5/h10-13,15,26H,7-9,14H2,1-6H3,(H,23,28)(H,24,29)(H,25,27)/t15-,22-/m0/s1. The van der Waals surface area contributed by atoms with Crippen molar-refractivity contribution in [2.75, 3.05) is 6.54 Å². The molecule has 30 heavy (non-hydrogen) atoms. The number of amides is 3. The Morgan fingerprint density at radius 2 is 1.67 bits per heavy atom. The van der Waals surface area contributed by atoms with Crippen molar-refractivity contribution >= 4 is 17.9 Å². The maximum absolute atomic E-state index is 13.0. The molecule has 8 heteroatoms. The number of phenols is 1. The van der Waals surface area contributed by atoms with Crippen LogP contribution in [-0.4, -0.2) is 41.2 Å². The summed E-state index contributed by atoms with van der Waals surface area (Å²) in [5, 5.41) is 17.6. The first-order valence-corrected chi connectivity index (χ1v) is 10.3. The molecular formula is C22H35N3O5. The number of hydrogen-bond acceptors (Lipinski definition) is 5. The maximum atomic E-state index is 13.0. The Balaban J connectivity index is 2.96. The number of benzene rings is 1. The zero-order chi connectivity index (χ0) is 22.9. The van der Waals surface area contributed by atoms with Crippen molar-refractivity contribution in [3.63, 3.8) is 0 Å². The lowest BCUT2D eigenvalue weighted by Crippen LogP contribution is -2.58. The first-order valence-electron chi connectivity index (χ1n) is 10.3. The highest BCUT2D eigenvalue weighted by molar-refractivity contribution is 5.94. The summed E-state index contributed by atoms with van der Waals surface area (Å²) in [7, 11) is 0. The summed E-state index contributed by atoms with van der Waals surface area (Å²) < 4.78 is 5.17. The number of carbonyl (C=O) groups is 3. The van der Waals surface area contributed by atoms with E-state index in [9.17, 15) is 19.5 Å². The van der Waals surface area contributed by atoms with Crippen LogP contribution in [0.2, 0.25) is 0 Å². The highest BCUT2D eigenvalue weighted by atomic mass is 16.6. The Morgan fingerprint density at radius 3 is 2.20 bits per heavy atom. The summed E-state index contributed by atoms with van der Waals surface area (Å²) >= 11 is 0. The van der Waals surface area contributed by atoms with Crippen LogP contribution in [0, 0.1) is 0 Å². The monoisotopic (exact) mass is 421 g/mol. The van der Waals surface area contributed by atoms with Gasteiger partial charge in [0.1, 0.15) is 22.9 Å². The van der Waals surface area contributed by atoms with Crippen LogP contribution in [0.1, 0.15) is 66.4 Å². The van der Waals surface area contributed by atoms with Gasteiger partial charge in [-0.15, -0.1) is 0 Å². The number of phenolic OH excluding ortho intramolecular Hbond substituents is 1. The SMILES string of the molecule is CCCCCNC(=O)[C@@](C)(NC(=O)[C@H](C)NC(=O)OC(C)(C)C)c1ccc(O)cc1. The molecule has 0 aromatic heterocycles. The van der Waals surface area contributed by atoms with E-state index in [2.05, 4.69) is 22.9 Å². The third-order valence-electron chi connectivity index (χ3n) is 4.46. The Bertz CT molecular complexity index is 727. The minimum Gasteiger partial charge on any atom is -0.508 e. The van der Waals surface area contributed by atoms with E-state index in [1.54, 1.807) is 39.8 Å². The van der Waals surface area contributed by atoms with E-state index in [0.29, 0.717) is 12.1 Å². The number of carbonyl (C=O) groups excluding carboxylic acids is 3. The summed E-state index contributed by atoms with van der Waals surface area (Å²) in [6.07, 6.45) is 2.12. The molecule has 1 aromatic carbocycles. The van der Waals surface area contributed by atoms with Gasteiger partial charge in [0.05, 0.1) is 0 Å². The number of rotatable bonds is 9. The average Bonchev–Trinajstić information content (AvgIpc) is 2.63. The topological polar surface area (TPSA) is 117 Å². The smallest absolute Gasteiger partial charge is 0.408 e. The van der Waals surface area contributed by atoms with Gasteiger partial charge in [0.25, 0.3) is 0 Å². The summed E-state index contributed by atoms with van der Waals surface area (Å²) in [5.74, 6) is -0.863. The van der Waals surface area contributed by atoms with E-state index in [1.165, 1.54) is 19.1 Å². The lowest BCUT2D eigenvalue weighted by Gasteiger charge is -2.31. The van der Waals surface area contributed by atoms with Crippen LogP contribution in [0.5, 0.6) is 5.75 Å². The molecule has 0 aliphatic carbocycles. The van der Waals surface area contributed by atoms with E-state index in [4.69, 9.17) is 4.74 Å². The highest BCUT2D eigenvalue weighted by Crippen LogP contribution is 2.24. The second-order valence-electron chi connectivity index (χ2n) is 8.49. The molecule has 1 aromatic rings. The molecule has 0 saturated heterocycles. The largest absolute Gasteiger partial charge is 0.508 e. The van der Waals surface area contributed by atoms with Crippen molar-refractivity contribution in [1.82, 2.24) is 16.0 Å². The average molecular weight is 422 g/mol. The van der Waals surface area contributed by atoms with Gasteiger partial charge >= 0.3 is 6.09 Å². The number of aromatic hydroxyl groups is 1. The lowest BCUT2D eigenvalue weighted by atomic mass is 9.90. The number of unbranched alkanes of at least 4 members (excludes halogenated alkanes) is 2. The van der Waals surface area contributed by atoms with E-state index >= 15 is 0 Å². The normalized spacial score (nSPS) is 14.2. The van der Waals surface area contributed by atoms with Crippen molar-refractivity contribution in [3.8, 4) is 5.75 Å². The molecule has 0 aliphatic heterocycles. The molecular weight excluding hydrogens is 386 g/mol. The predicted molar refractivity (Wildman–Crippen MR) is 115 cm³/mol. The Labute approximate surface area is 178 Å². The van der Waals surface area contributed by atoms with Crippen LogP contribution in [-0.2, 0) is 19.9 Å². The van der Waals surface area contributed by atoms with Gasteiger partial charge in [-0.1, -0.05) is 31.9 Å². The van der Waals surface area contributed by atoms with Crippen molar-refractivity contribution in [1.29, 1.82) is 0 Å². The van der Waals surface area contributed by atoms with Gasteiger partial charge in [-0.3, -0.25) is 9.59 Å². The van der Waals surface area contributed by atoms with Gasteiger partial charge in [0.2, 0.25) is 11.8 Å². The number of hydrogen-bond donors (Lipinski definition) is 4. The van der Waals surface area contributed by atoms with Crippen LogP contribution >= 0.6 is 0 Å². The Kier molecular flexibility index (Phi) is 9.14. The predicted octanol–water partition coefficient (Wildman–Crippen LogP) is 2.94. The highest BCUT2D eigenvalue weighted by Gasteiger charge is 2.38. The third kappa shape index (κ3) is 7.93. The molecule has 1 rings (SSSR count). The number of alkyl carbamates (subject to hydrolysis) is 1. The quantitative estimate of drug-likeness (QED) is 0.458. The number of ether oxygens (including phenoxy) is 1. The van der Waals surface area contributed by atoms with Gasteiger partial charge in [0, 0.05) is 6.54 Å². The molecule has 0 heterocycles. The second-order valence-corrected chi connectivity index (χ2v) is 8.49.